The summed E-state index contributed by atoms with van der Waals surface area (Å²) in [7, 11) is -3.59. The molecule has 2 rings (SSSR count). The molecule has 1 unspecified atom stereocenters. The van der Waals surface area contributed by atoms with Crippen molar-refractivity contribution in [2.45, 2.75) is 69.6 Å². The Bertz CT molecular complexity index is 748. The lowest BCUT2D eigenvalue weighted by Crippen LogP contribution is -2.47. The van der Waals surface area contributed by atoms with E-state index in [1.165, 1.54) is 4.31 Å². The molecule has 0 spiro atoms. The van der Waals surface area contributed by atoms with Gasteiger partial charge in [0.25, 0.3) is 0 Å². The SMILES string of the molecule is CC(O)Cc1cccc(S(=O)(=O)N2CCC(NC(=O)OC(C)(C)C)CC2)c1. The van der Waals surface area contributed by atoms with Crippen LogP contribution in [-0.2, 0) is 21.2 Å². The molecular weight excluding hydrogens is 368 g/mol. The molecule has 1 aromatic rings. The minimum Gasteiger partial charge on any atom is -0.444 e. The Kier molecular flexibility index (Phi) is 6.88. The maximum absolute atomic E-state index is 12.9. The Labute approximate surface area is 161 Å². The van der Waals surface area contributed by atoms with E-state index < -0.39 is 27.8 Å². The first kappa shape index (κ1) is 21.7. The van der Waals surface area contributed by atoms with E-state index in [9.17, 15) is 18.3 Å². The standard InChI is InChI=1S/C19H30N2O5S/c1-14(22)12-15-6-5-7-17(13-15)27(24,25)21-10-8-16(9-11-21)20-18(23)26-19(2,3)4/h5-7,13-14,16,22H,8-12H2,1-4H3,(H,20,23). The molecule has 152 valence electrons. The number of nitrogens with zero attached hydrogens (tertiary/aromatic N) is 1. The van der Waals surface area contributed by atoms with Crippen LogP contribution in [0.2, 0.25) is 0 Å². The van der Waals surface area contributed by atoms with Crippen LogP contribution in [0.25, 0.3) is 0 Å². The van der Waals surface area contributed by atoms with E-state index in [1.807, 2.05) is 6.07 Å². The summed E-state index contributed by atoms with van der Waals surface area (Å²) in [6.45, 7) is 7.74. The van der Waals surface area contributed by atoms with E-state index in [0.29, 0.717) is 32.4 Å². The normalized spacial score (nSPS) is 18.1. The number of sulfonamides is 1. The second kappa shape index (κ2) is 8.58. The van der Waals surface area contributed by atoms with E-state index in [0.717, 1.165) is 5.56 Å². The second-order valence-corrected chi connectivity index (χ2v) is 9.96. The van der Waals surface area contributed by atoms with Gasteiger partial charge in [0.05, 0.1) is 11.0 Å². The molecule has 1 atom stereocenters. The lowest BCUT2D eigenvalue weighted by Gasteiger charge is -2.32. The number of hydrogen-bond acceptors (Lipinski definition) is 5. The van der Waals surface area contributed by atoms with Crippen LogP contribution in [0.1, 0.15) is 46.1 Å². The summed E-state index contributed by atoms with van der Waals surface area (Å²) in [5.74, 6) is 0. The summed E-state index contributed by atoms with van der Waals surface area (Å²) in [6, 6.07) is 6.59. The van der Waals surface area contributed by atoms with Crippen molar-refractivity contribution in [2.75, 3.05) is 13.1 Å². The van der Waals surface area contributed by atoms with Gasteiger partial charge >= 0.3 is 6.09 Å². The number of hydrogen-bond donors (Lipinski definition) is 2. The number of aliphatic hydroxyl groups excluding tert-OH is 1. The van der Waals surface area contributed by atoms with Crippen molar-refractivity contribution in [3.63, 3.8) is 0 Å². The number of amides is 1. The molecule has 27 heavy (non-hydrogen) atoms. The predicted molar refractivity (Wildman–Crippen MR) is 103 cm³/mol. The molecule has 0 radical (unpaired) electrons. The summed E-state index contributed by atoms with van der Waals surface area (Å²) in [5.41, 5.74) is 0.220. The topological polar surface area (TPSA) is 95.9 Å². The molecule has 1 fully saturated rings. The number of carbonyl (C=O) groups excluding carboxylic acids is 1. The van der Waals surface area contributed by atoms with Crippen molar-refractivity contribution in [3.05, 3.63) is 29.8 Å². The first-order chi connectivity index (χ1) is 12.5. The lowest BCUT2D eigenvalue weighted by molar-refractivity contribution is 0.0489. The summed E-state index contributed by atoms with van der Waals surface area (Å²) >= 11 is 0. The van der Waals surface area contributed by atoms with Gasteiger partial charge in [-0.15, -0.1) is 0 Å². The minimum absolute atomic E-state index is 0.104. The predicted octanol–water partition coefficient (Wildman–Crippen LogP) is 2.29. The lowest BCUT2D eigenvalue weighted by atomic mass is 10.1. The first-order valence-corrected chi connectivity index (χ1v) is 10.7. The van der Waals surface area contributed by atoms with Crippen LogP contribution in [-0.4, -0.2) is 54.8 Å². The van der Waals surface area contributed by atoms with Crippen molar-refractivity contribution in [1.82, 2.24) is 9.62 Å². The summed E-state index contributed by atoms with van der Waals surface area (Å²) in [6.07, 6.45) is 0.468. The fourth-order valence-corrected chi connectivity index (χ4v) is 4.58. The summed E-state index contributed by atoms with van der Waals surface area (Å²) in [4.78, 5) is 12.1. The third-order valence-electron chi connectivity index (χ3n) is 4.24. The average molecular weight is 399 g/mol. The van der Waals surface area contributed by atoms with Gasteiger partial charge in [0.2, 0.25) is 10.0 Å². The zero-order valence-electron chi connectivity index (χ0n) is 16.4. The third-order valence-corrected chi connectivity index (χ3v) is 6.14. The molecule has 0 saturated carbocycles. The largest absolute Gasteiger partial charge is 0.444 e. The average Bonchev–Trinajstić information content (AvgIpc) is 2.53. The van der Waals surface area contributed by atoms with Gasteiger partial charge in [-0.05, 0) is 64.7 Å². The molecule has 0 aromatic heterocycles. The number of piperidine rings is 1. The zero-order chi connectivity index (χ0) is 20.2. The molecule has 0 aliphatic carbocycles. The van der Waals surface area contributed by atoms with Gasteiger partial charge in [-0.1, -0.05) is 12.1 Å². The third kappa shape index (κ3) is 6.48. The highest BCUT2D eigenvalue weighted by Crippen LogP contribution is 2.22. The smallest absolute Gasteiger partial charge is 0.407 e. The van der Waals surface area contributed by atoms with Gasteiger partial charge in [0.1, 0.15) is 5.60 Å². The summed E-state index contributed by atoms with van der Waals surface area (Å²) < 4.78 is 32.5. The van der Waals surface area contributed by atoms with E-state index in [4.69, 9.17) is 4.74 Å². The number of rotatable bonds is 5. The Morgan fingerprint density at radius 3 is 2.52 bits per heavy atom. The van der Waals surface area contributed by atoms with Crippen molar-refractivity contribution in [2.24, 2.45) is 0 Å². The van der Waals surface area contributed by atoms with Crippen LogP contribution in [0.15, 0.2) is 29.2 Å². The minimum atomic E-state index is -3.59. The fraction of sp³-hybridized carbons (Fsp3) is 0.632. The molecule has 2 N–H and O–H groups in total. The molecule has 1 heterocycles. The van der Waals surface area contributed by atoms with Crippen LogP contribution in [0.3, 0.4) is 0 Å². The molecule has 1 amide bonds. The molecule has 1 aliphatic rings. The highest BCUT2D eigenvalue weighted by Gasteiger charge is 2.30. The Hall–Kier alpha value is -1.64. The second-order valence-electron chi connectivity index (χ2n) is 8.03. The number of aliphatic hydroxyl groups is 1. The zero-order valence-corrected chi connectivity index (χ0v) is 17.3. The van der Waals surface area contributed by atoms with E-state index in [2.05, 4.69) is 5.32 Å². The number of benzene rings is 1. The Morgan fingerprint density at radius 2 is 1.96 bits per heavy atom. The quantitative estimate of drug-likeness (QED) is 0.793. The van der Waals surface area contributed by atoms with E-state index in [1.54, 1.807) is 45.9 Å². The molecule has 1 aliphatic heterocycles. The monoisotopic (exact) mass is 398 g/mol. The van der Waals surface area contributed by atoms with Gasteiger partial charge in [-0.3, -0.25) is 0 Å². The van der Waals surface area contributed by atoms with Gasteiger partial charge < -0.3 is 15.2 Å². The van der Waals surface area contributed by atoms with Crippen molar-refractivity contribution < 1.29 is 23.1 Å². The van der Waals surface area contributed by atoms with Crippen LogP contribution >= 0.6 is 0 Å². The fourth-order valence-electron chi connectivity index (χ4n) is 3.04. The molecule has 1 aromatic carbocycles. The molecule has 0 bridgehead atoms. The summed E-state index contributed by atoms with van der Waals surface area (Å²) in [5, 5.41) is 12.3. The highest BCUT2D eigenvalue weighted by atomic mass is 32.2. The van der Waals surface area contributed by atoms with E-state index >= 15 is 0 Å². The number of ether oxygens (including phenoxy) is 1. The molecule has 8 heteroatoms. The van der Waals surface area contributed by atoms with Gasteiger partial charge in [0, 0.05) is 19.1 Å². The van der Waals surface area contributed by atoms with Gasteiger partial charge in [0.15, 0.2) is 0 Å². The maximum atomic E-state index is 12.9. The van der Waals surface area contributed by atoms with Crippen LogP contribution < -0.4 is 5.32 Å². The number of nitrogens with one attached hydrogen (secondary N) is 1. The molecular formula is C19H30N2O5S. The maximum Gasteiger partial charge on any atom is 0.407 e. The van der Waals surface area contributed by atoms with Crippen molar-refractivity contribution in [3.8, 4) is 0 Å². The Balaban J connectivity index is 1.97. The molecule has 7 nitrogen and oxygen atoms in total. The van der Waals surface area contributed by atoms with Crippen molar-refractivity contribution >= 4 is 16.1 Å². The van der Waals surface area contributed by atoms with Crippen molar-refractivity contribution in [1.29, 1.82) is 0 Å². The van der Waals surface area contributed by atoms with Crippen LogP contribution in [0.4, 0.5) is 4.79 Å². The van der Waals surface area contributed by atoms with Crippen LogP contribution in [0, 0.1) is 0 Å². The Morgan fingerprint density at radius 1 is 1.33 bits per heavy atom. The number of alkyl carbamates (subject to hydrolysis) is 1. The molecule has 1 saturated heterocycles. The number of carbonyl (C=O) groups is 1. The van der Waals surface area contributed by atoms with Gasteiger partial charge in [-0.25, -0.2) is 13.2 Å². The van der Waals surface area contributed by atoms with E-state index in [-0.39, 0.29) is 10.9 Å². The van der Waals surface area contributed by atoms with Crippen LogP contribution in [0.5, 0.6) is 0 Å². The van der Waals surface area contributed by atoms with Gasteiger partial charge in [-0.2, -0.15) is 4.31 Å². The first-order valence-electron chi connectivity index (χ1n) is 9.24. The highest BCUT2D eigenvalue weighted by molar-refractivity contribution is 7.89.